The number of nitrogens with zero attached hydrogens (tertiary/aromatic N) is 1. The molecule has 1 fully saturated rings. The SMILES string of the molecule is NCC(c1ccc(Br)s1)N1CCCCCC1. The third-order valence-corrected chi connectivity index (χ3v) is 4.95. The van der Waals surface area contributed by atoms with Gasteiger partial charge in [-0.2, -0.15) is 0 Å². The van der Waals surface area contributed by atoms with Crippen molar-refractivity contribution in [2.24, 2.45) is 5.73 Å². The summed E-state index contributed by atoms with van der Waals surface area (Å²) in [5.74, 6) is 0. The average Bonchev–Trinajstić information content (AvgIpc) is 2.55. The highest BCUT2D eigenvalue weighted by Crippen LogP contribution is 2.31. The lowest BCUT2D eigenvalue weighted by molar-refractivity contribution is 0.212. The highest BCUT2D eigenvalue weighted by atomic mass is 79.9. The van der Waals surface area contributed by atoms with Crippen molar-refractivity contribution in [1.29, 1.82) is 0 Å². The Morgan fingerprint density at radius 2 is 1.94 bits per heavy atom. The maximum Gasteiger partial charge on any atom is 0.0702 e. The lowest BCUT2D eigenvalue weighted by Crippen LogP contribution is -2.34. The molecule has 1 atom stereocenters. The maximum atomic E-state index is 5.95. The predicted molar refractivity (Wildman–Crippen MR) is 73.9 cm³/mol. The van der Waals surface area contributed by atoms with Crippen LogP contribution in [0.25, 0.3) is 0 Å². The number of hydrogen-bond acceptors (Lipinski definition) is 3. The fourth-order valence-electron chi connectivity index (χ4n) is 2.36. The molecular formula is C12H19BrN2S. The van der Waals surface area contributed by atoms with Gasteiger partial charge in [-0.25, -0.2) is 0 Å². The van der Waals surface area contributed by atoms with E-state index in [1.807, 2.05) is 11.3 Å². The summed E-state index contributed by atoms with van der Waals surface area (Å²) in [4.78, 5) is 3.96. The first-order valence-electron chi connectivity index (χ1n) is 6.00. The Labute approximate surface area is 110 Å². The smallest absolute Gasteiger partial charge is 0.0702 e. The minimum absolute atomic E-state index is 0.425. The summed E-state index contributed by atoms with van der Waals surface area (Å²) in [6.45, 7) is 3.14. The Morgan fingerprint density at radius 3 is 2.44 bits per heavy atom. The molecule has 1 unspecified atom stereocenters. The van der Waals surface area contributed by atoms with Crippen LogP contribution < -0.4 is 5.73 Å². The van der Waals surface area contributed by atoms with Gasteiger partial charge in [0.2, 0.25) is 0 Å². The van der Waals surface area contributed by atoms with E-state index in [1.165, 1.54) is 47.4 Å². The van der Waals surface area contributed by atoms with Crippen molar-refractivity contribution in [1.82, 2.24) is 4.90 Å². The van der Waals surface area contributed by atoms with Crippen LogP contribution in [-0.4, -0.2) is 24.5 Å². The van der Waals surface area contributed by atoms with Crippen molar-refractivity contribution >= 4 is 27.3 Å². The number of nitrogens with two attached hydrogens (primary N) is 1. The second-order valence-corrected chi connectivity index (χ2v) is 6.84. The summed E-state index contributed by atoms with van der Waals surface area (Å²) < 4.78 is 1.20. The minimum Gasteiger partial charge on any atom is -0.329 e. The molecule has 0 aliphatic carbocycles. The molecule has 2 rings (SSSR count). The van der Waals surface area contributed by atoms with Crippen LogP contribution in [0.1, 0.15) is 36.6 Å². The summed E-state index contributed by atoms with van der Waals surface area (Å²) in [7, 11) is 0. The topological polar surface area (TPSA) is 29.3 Å². The monoisotopic (exact) mass is 302 g/mol. The predicted octanol–water partition coefficient (Wildman–Crippen LogP) is 3.39. The molecule has 0 amide bonds. The minimum atomic E-state index is 0.425. The van der Waals surface area contributed by atoms with Crippen LogP contribution >= 0.6 is 27.3 Å². The average molecular weight is 303 g/mol. The van der Waals surface area contributed by atoms with Crippen molar-refractivity contribution in [3.05, 3.63) is 20.8 Å². The number of halogens is 1. The molecule has 4 heteroatoms. The van der Waals surface area contributed by atoms with E-state index < -0.39 is 0 Å². The summed E-state index contributed by atoms with van der Waals surface area (Å²) >= 11 is 5.34. The van der Waals surface area contributed by atoms with Crippen LogP contribution in [0.2, 0.25) is 0 Å². The largest absolute Gasteiger partial charge is 0.329 e. The van der Waals surface area contributed by atoms with Gasteiger partial charge in [-0.3, -0.25) is 4.90 Å². The Kier molecular flexibility index (Phi) is 4.82. The van der Waals surface area contributed by atoms with Gasteiger partial charge in [0, 0.05) is 11.4 Å². The lowest BCUT2D eigenvalue weighted by atomic mass is 10.2. The van der Waals surface area contributed by atoms with E-state index in [1.54, 1.807) is 0 Å². The normalized spacial score (nSPS) is 20.6. The Bertz CT molecular complexity index is 319. The van der Waals surface area contributed by atoms with E-state index in [0.29, 0.717) is 6.04 Å². The van der Waals surface area contributed by atoms with E-state index in [2.05, 4.69) is 33.0 Å². The molecule has 90 valence electrons. The summed E-state index contributed by atoms with van der Waals surface area (Å²) in [5, 5.41) is 0. The molecule has 1 saturated heterocycles. The Morgan fingerprint density at radius 1 is 1.25 bits per heavy atom. The summed E-state index contributed by atoms with van der Waals surface area (Å²) in [5.41, 5.74) is 5.95. The first-order valence-corrected chi connectivity index (χ1v) is 7.61. The first-order chi connectivity index (χ1) is 7.81. The van der Waals surface area contributed by atoms with Gasteiger partial charge in [-0.1, -0.05) is 12.8 Å². The van der Waals surface area contributed by atoms with Crippen molar-refractivity contribution in [3.8, 4) is 0 Å². The lowest BCUT2D eigenvalue weighted by Gasteiger charge is -2.28. The van der Waals surface area contributed by atoms with E-state index >= 15 is 0 Å². The molecule has 1 aromatic heterocycles. The Hall–Kier alpha value is 0.1000. The van der Waals surface area contributed by atoms with Gasteiger partial charge in [0.25, 0.3) is 0 Å². The molecule has 0 bridgehead atoms. The molecule has 0 radical (unpaired) electrons. The van der Waals surface area contributed by atoms with Gasteiger partial charge in [0.05, 0.1) is 9.83 Å². The molecule has 1 aliphatic heterocycles. The molecule has 0 spiro atoms. The standard InChI is InChI=1S/C12H19BrN2S/c13-12-6-5-11(16-12)10(9-14)15-7-3-1-2-4-8-15/h5-6,10H,1-4,7-9,14H2. The van der Waals surface area contributed by atoms with Crippen LogP contribution in [0, 0.1) is 0 Å². The van der Waals surface area contributed by atoms with Crippen molar-refractivity contribution in [3.63, 3.8) is 0 Å². The van der Waals surface area contributed by atoms with Crippen molar-refractivity contribution < 1.29 is 0 Å². The third kappa shape index (κ3) is 3.06. The van der Waals surface area contributed by atoms with Crippen LogP contribution in [0.5, 0.6) is 0 Å². The van der Waals surface area contributed by atoms with E-state index in [9.17, 15) is 0 Å². The molecule has 1 aromatic rings. The van der Waals surface area contributed by atoms with Crippen molar-refractivity contribution in [2.45, 2.75) is 31.7 Å². The Balaban J connectivity index is 2.08. The second kappa shape index (κ2) is 6.15. The fourth-order valence-corrected chi connectivity index (χ4v) is 3.93. The van der Waals surface area contributed by atoms with Gasteiger partial charge in [0.15, 0.2) is 0 Å². The van der Waals surface area contributed by atoms with Crippen LogP contribution in [0.3, 0.4) is 0 Å². The number of hydrogen-bond donors (Lipinski definition) is 1. The molecule has 2 nitrogen and oxygen atoms in total. The fraction of sp³-hybridized carbons (Fsp3) is 0.667. The van der Waals surface area contributed by atoms with Gasteiger partial charge in [-0.15, -0.1) is 11.3 Å². The van der Waals surface area contributed by atoms with Gasteiger partial charge in [-0.05, 0) is 54.0 Å². The highest BCUT2D eigenvalue weighted by Gasteiger charge is 2.21. The number of likely N-dealkylation sites (tertiary alicyclic amines) is 1. The molecule has 1 aliphatic rings. The quantitative estimate of drug-likeness (QED) is 0.927. The number of thiophene rings is 1. The van der Waals surface area contributed by atoms with Gasteiger partial charge in [0.1, 0.15) is 0 Å². The van der Waals surface area contributed by atoms with Gasteiger partial charge >= 0.3 is 0 Å². The first kappa shape index (κ1) is 12.6. The zero-order chi connectivity index (χ0) is 11.4. The molecule has 2 heterocycles. The third-order valence-electron chi connectivity index (χ3n) is 3.23. The van der Waals surface area contributed by atoms with Crippen LogP contribution in [-0.2, 0) is 0 Å². The molecule has 2 N–H and O–H groups in total. The zero-order valence-corrected chi connectivity index (χ0v) is 11.9. The summed E-state index contributed by atoms with van der Waals surface area (Å²) in [6, 6.07) is 4.76. The van der Waals surface area contributed by atoms with E-state index in [-0.39, 0.29) is 0 Å². The maximum absolute atomic E-state index is 5.95. The molecule has 16 heavy (non-hydrogen) atoms. The number of rotatable bonds is 3. The van der Waals surface area contributed by atoms with Gasteiger partial charge < -0.3 is 5.73 Å². The molecule has 0 aromatic carbocycles. The zero-order valence-electron chi connectivity index (χ0n) is 9.49. The van der Waals surface area contributed by atoms with Crippen LogP contribution in [0.15, 0.2) is 15.9 Å². The molecule has 0 saturated carbocycles. The van der Waals surface area contributed by atoms with Crippen molar-refractivity contribution in [2.75, 3.05) is 19.6 Å². The van der Waals surface area contributed by atoms with E-state index in [4.69, 9.17) is 5.73 Å². The van der Waals surface area contributed by atoms with Crippen LogP contribution in [0.4, 0.5) is 0 Å². The van der Waals surface area contributed by atoms with E-state index in [0.717, 1.165) is 6.54 Å². The summed E-state index contributed by atoms with van der Waals surface area (Å²) in [6.07, 6.45) is 5.40. The highest BCUT2D eigenvalue weighted by molar-refractivity contribution is 9.11. The second-order valence-electron chi connectivity index (χ2n) is 4.34. The molecular weight excluding hydrogens is 284 g/mol.